The Bertz CT molecular complexity index is 1810. The second-order valence-corrected chi connectivity index (χ2v) is 14.9. The van der Waals surface area contributed by atoms with Crippen molar-refractivity contribution < 1.29 is 27.9 Å². The number of benzene rings is 3. The molecule has 3 aromatic carbocycles. The van der Waals surface area contributed by atoms with Crippen LogP contribution in [0.5, 0.6) is 5.75 Å². The first-order chi connectivity index (χ1) is 22.2. The van der Waals surface area contributed by atoms with Crippen LogP contribution in [0.25, 0.3) is 12.2 Å². The molecule has 0 radical (unpaired) electrons. The lowest BCUT2D eigenvalue weighted by atomic mass is 9.89. The number of nitrogens with one attached hydrogen (secondary N) is 1. The van der Waals surface area contributed by atoms with Crippen molar-refractivity contribution in [1.29, 1.82) is 0 Å². The first-order valence-electron chi connectivity index (χ1n) is 15.2. The summed E-state index contributed by atoms with van der Waals surface area (Å²) in [6, 6.07) is 18.2. The van der Waals surface area contributed by atoms with E-state index in [0.29, 0.717) is 35.0 Å². The summed E-state index contributed by atoms with van der Waals surface area (Å²) in [5.74, 6) is -0.824. The number of halogens is 1. The molecule has 1 saturated carbocycles. The number of hydrogen-bond acceptors (Lipinski definition) is 7. The zero-order chi connectivity index (χ0) is 32.5. The Morgan fingerprint density at radius 1 is 1.02 bits per heavy atom. The third kappa shape index (κ3) is 9.28. The van der Waals surface area contributed by atoms with Gasteiger partial charge in [-0.25, -0.2) is 18.2 Å². The highest BCUT2D eigenvalue weighted by atomic mass is 35.5. The van der Waals surface area contributed by atoms with Gasteiger partial charge in [0.1, 0.15) is 10.8 Å². The summed E-state index contributed by atoms with van der Waals surface area (Å²) in [6.07, 6.45) is 12.9. The van der Waals surface area contributed by atoms with E-state index < -0.39 is 28.3 Å². The number of aryl methyl sites for hydroxylation is 1. The summed E-state index contributed by atoms with van der Waals surface area (Å²) in [5, 5.41) is 13.4. The van der Waals surface area contributed by atoms with Gasteiger partial charge in [-0.05, 0) is 97.3 Å². The number of carbonyl (C=O) groups is 2. The molecule has 1 aliphatic carbocycles. The van der Waals surface area contributed by atoms with Crippen LogP contribution in [0, 0.1) is 0 Å². The van der Waals surface area contributed by atoms with E-state index in [1.165, 1.54) is 49.1 Å². The largest absolute Gasteiger partial charge is 0.480 e. The molecule has 240 valence electrons. The SMILES string of the molecule is O=C(O)COc1ccc(CCCS(=O)(=O)c2ccc(Cl)cc2)cc1NC(=O)c1cccc(/C=C/c2ncc(C3CCCCC3)s2)c1. The smallest absolute Gasteiger partial charge is 0.341 e. The monoisotopic (exact) mass is 678 g/mol. The van der Waals surface area contributed by atoms with Gasteiger partial charge in [0.05, 0.1) is 16.3 Å². The molecule has 2 N–H and O–H groups in total. The van der Waals surface area contributed by atoms with Crippen molar-refractivity contribution in [2.45, 2.75) is 55.8 Å². The van der Waals surface area contributed by atoms with Gasteiger partial charge in [0.15, 0.2) is 16.4 Å². The summed E-state index contributed by atoms with van der Waals surface area (Å²) in [7, 11) is -3.50. The number of rotatable bonds is 13. The summed E-state index contributed by atoms with van der Waals surface area (Å²) >= 11 is 7.60. The Morgan fingerprint density at radius 3 is 2.57 bits per heavy atom. The highest BCUT2D eigenvalue weighted by Crippen LogP contribution is 2.36. The van der Waals surface area contributed by atoms with Crippen molar-refractivity contribution in [1.82, 2.24) is 4.98 Å². The van der Waals surface area contributed by atoms with E-state index in [0.717, 1.165) is 16.1 Å². The number of aliphatic carboxylic acids is 1. The fourth-order valence-corrected chi connectivity index (χ4v) is 7.85. The summed E-state index contributed by atoms with van der Waals surface area (Å²) < 4.78 is 30.9. The number of hydrogen-bond donors (Lipinski definition) is 2. The average molecular weight is 679 g/mol. The summed E-state index contributed by atoms with van der Waals surface area (Å²) in [5.41, 5.74) is 2.30. The van der Waals surface area contributed by atoms with E-state index in [4.69, 9.17) is 21.4 Å². The van der Waals surface area contributed by atoms with Gasteiger partial charge < -0.3 is 15.2 Å². The van der Waals surface area contributed by atoms with E-state index in [1.807, 2.05) is 24.4 Å². The second kappa shape index (κ2) is 15.5. The zero-order valence-electron chi connectivity index (χ0n) is 25.2. The van der Waals surface area contributed by atoms with Gasteiger partial charge in [-0.1, -0.05) is 55.1 Å². The van der Waals surface area contributed by atoms with Gasteiger partial charge in [0.2, 0.25) is 0 Å². The molecule has 0 aliphatic heterocycles. The Hall–Kier alpha value is -3.99. The number of carboxylic acid groups (broad SMARTS) is 1. The van der Waals surface area contributed by atoms with Crippen LogP contribution < -0.4 is 10.1 Å². The molecule has 0 unspecified atom stereocenters. The van der Waals surface area contributed by atoms with Gasteiger partial charge in [-0.2, -0.15) is 0 Å². The lowest BCUT2D eigenvalue weighted by Crippen LogP contribution is -2.15. The van der Waals surface area contributed by atoms with Crippen molar-refractivity contribution in [2.24, 2.45) is 0 Å². The maximum atomic E-state index is 13.3. The number of thiazole rings is 1. The molecular formula is C35H35ClN2O6S2. The van der Waals surface area contributed by atoms with Gasteiger partial charge in [-0.15, -0.1) is 11.3 Å². The van der Waals surface area contributed by atoms with E-state index in [9.17, 15) is 18.0 Å². The molecule has 1 heterocycles. The normalized spacial score (nSPS) is 13.9. The standard InChI is InChI=1S/C35H35ClN2O6S2/c36-28-13-15-29(16-14-28)46(42,43)19-5-7-25-11-17-31(44-23-34(39)40)30(21-25)38-35(41)27-10-4-6-24(20-27)12-18-33-37-22-32(45-33)26-8-2-1-3-9-26/h4,6,10-18,20-22,26H,1-3,5,7-9,19,23H2,(H,38,41)(H,39,40)/b18-12+. The number of nitrogens with zero attached hydrogens (tertiary/aromatic N) is 1. The second-order valence-electron chi connectivity index (χ2n) is 11.2. The molecule has 0 atom stereocenters. The number of amides is 1. The van der Waals surface area contributed by atoms with Crippen molar-refractivity contribution in [3.8, 4) is 5.75 Å². The minimum absolute atomic E-state index is 0.0726. The number of carbonyl (C=O) groups excluding carboxylic acids is 1. The zero-order valence-corrected chi connectivity index (χ0v) is 27.5. The van der Waals surface area contributed by atoms with Crippen molar-refractivity contribution in [2.75, 3.05) is 17.7 Å². The third-order valence-corrected chi connectivity index (χ3v) is 11.0. The van der Waals surface area contributed by atoms with Crippen LogP contribution in [0.4, 0.5) is 5.69 Å². The molecule has 0 saturated heterocycles. The Kier molecular flexibility index (Phi) is 11.3. The minimum atomic E-state index is -3.50. The molecule has 11 heteroatoms. The summed E-state index contributed by atoms with van der Waals surface area (Å²) in [6.45, 7) is -0.582. The van der Waals surface area contributed by atoms with Crippen LogP contribution in [0.3, 0.4) is 0 Å². The first-order valence-corrected chi connectivity index (χ1v) is 18.0. The van der Waals surface area contributed by atoms with Crippen LogP contribution >= 0.6 is 22.9 Å². The van der Waals surface area contributed by atoms with Gasteiger partial charge in [0.25, 0.3) is 5.91 Å². The molecule has 8 nitrogen and oxygen atoms in total. The number of ether oxygens (including phenoxy) is 1. The maximum absolute atomic E-state index is 13.3. The number of aromatic nitrogens is 1. The average Bonchev–Trinajstić information content (AvgIpc) is 3.53. The number of anilines is 1. The fourth-order valence-electron chi connectivity index (χ4n) is 5.42. The van der Waals surface area contributed by atoms with Crippen LogP contribution in [-0.2, 0) is 21.1 Å². The molecule has 0 spiro atoms. The van der Waals surface area contributed by atoms with Crippen LogP contribution in [0.2, 0.25) is 5.02 Å². The highest BCUT2D eigenvalue weighted by molar-refractivity contribution is 7.91. The van der Waals surface area contributed by atoms with Gasteiger partial charge in [0, 0.05) is 21.7 Å². The molecule has 46 heavy (non-hydrogen) atoms. The van der Waals surface area contributed by atoms with Gasteiger partial charge in [-0.3, -0.25) is 4.79 Å². The van der Waals surface area contributed by atoms with Crippen LogP contribution in [0.15, 0.2) is 77.8 Å². The predicted octanol–water partition coefficient (Wildman–Crippen LogP) is 8.14. The van der Waals surface area contributed by atoms with Crippen LogP contribution in [0.1, 0.15) is 75.8 Å². The maximum Gasteiger partial charge on any atom is 0.341 e. The Balaban J connectivity index is 1.26. The molecule has 1 aliphatic rings. The van der Waals surface area contributed by atoms with Gasteiger partial charge >= 0.3 is 5.97 Å². The Labute approximate surface area is 278 Å². The molecule has 4 aromatic rings. The lowest BCUT2D eigenvalue weighted by Gasteiger charge is -2.19. The molecular weight excluding hydrogens is 644 g/mol. The topological polar surface area (TPSA) is 123 Å². The minimum Gasteiger partial charge on any atom is -0.480 e. The highest BCUT2D eigenvalue weighted by Gasteiger charge is 2.18. The van der Waals surface area contributed by atoms with E-state index in [-0.39, 0.29) is 16.4 Å². The third-order valence-electron chi connectivity index (χ3n) is 7.81. The fraction of sp³-hybridized carbons (Fsp3) is 0.286. The van der Waals surface area contributed by atoms with E-state index in [1.54, 1.807) is 59.9 Å². The number of sulfone groups is 1. The number of carboxylic acids is 1. The molecule has 1 amide bonds. The molecule has 1 aromatic heterocycles. The molecule has 0 bridgehead atoms. The van der Waals surface area contributed by atoms with Crippen molar-refractivity contribution >= 4 is 62.5 Å². The van der Waals surface area contributed by atoms with E-state index >= 15 is 0 Å². The first kappa shape index (κ1) is 33.4. The lowest BCUT2D eigenvalue weighted by molar-refractivity contribution is -0.139. The summed E-state index contributed by atoms with van der Waals surface area (Å²) in [4.78, 5) is 30.6. The quantitative estimate of drug-likeness (QED) is 0.146. The van der Waals surface area contributed by atoms with Crippen molar-refractivity contribution in [3.63, 3.8) is 0 Å². The molecule has 1 fully saturated rings. The predicted molar refractivity (Wildman–Crippen MR) is 183 cm³/mol. The van der Waals surface area contributed by atoms with Crippen molar-refractivity contribution in [3.05, 3.63) is 105 Å². The van der Waals surface area contributed by atoms with E-state index in [2.05, 4.69) is 10.3 Å². The van der Waals surface area contributed by atoms with Crippen LogP contribution in [-0.4, -0.2) is 42.7 Å². The molecule has 5 rings (SSSR count). The Morgan fingerprint density at radius 2 is 1.80 bits per heavy atom.